The molecule has 4 heterocycles. The first-order valence-electron chi connectivity index (χ1n) is 16.4. The summed E-state index contributed by atoms with van der Waals surface area (Å²) in [4.78, 5) is 32.4. The number of hydrogen-bond acceptors (Lipinski definition) is 5. The molecule has 8 rings (SSSR count). The Labute approximate surface area is 290 Å². The molecule has 9 heteroatoms. The van der Waals surface area contributed by atoms with Crippen LogP contribution in [0.4, 0.5) is 11.4 Å². The quantitative estimate of drug-likeness (QED) is 0.194. The van der Waals surface area contributed by atoms with Gasteiger partial charge in [0.05, 0.1) is 29.5 Å². The fourth-order valence-corrected chi connectivity index (χ4v) is 7.05. The Hall–Kier alpha value is -5.52. The molecule has 0 atom stereocenters. The number of anilines is 2. The smallest absolute Gasteiger partial charge is 0.264 e. The van der Waals surface area contributed by atoms with Crippen molar-refractivity contribution < 1.29 is 19.4 Å². The minimum Gasteiger partial charge on any atom is -0.508 e. The number of phenolic OH excluding ortho intramolecular Hbond substituents is 1. The summed E-state index contributed by atoms with van der Waals surface area (Å²) >= 11 is 6.55. The van der Waals surface area contributed by atoms with Gasteiger partial charge in [0.1, 0.15) is 11.5 Å². The van der Waals surface area contributed by atoms with Gasteiger partial charge in [0, 0.05) is 58.9 Å². The van der Waals surface area contributed by atoms with E-state index in [0.717, 1.165) is 35.3 Å². The van der Waals surface area contributed by atoms with E-state index in [2.05, 4.69) is 12.1 Å². The molecule has 3 aliphatic heterocycles. The van der Waals surface area contributed by atoms with Gasteiger partial charge in [0.25, 0.3) is 11.8 Å². The van der Waals surface area contributed by atoms with Crippen molar-refractivity contribution in [1.82, 2.24) is 9.47 Å². The fourth-order valence-electron chi connectivity index (χ4n) is 6.87. The second-order valence-corrected chi connectivity index (χ2v) is 13.0. The van der Waals surface area contributed by atoms with Gasteiger partial charge < -0.3 is 19.3 Å². The van der Waals surface area contributed by atoms with Crippen LogP contribution in [0.2, 0.25) is 5.02 Å². The Bertz CT molecular complexity index is 2150. The Morgan fingerprint density at radius 3 is 2.47 bits per heavy atom. The van der Waals surface area contributed by atoms with E-state index in [1.165, 1.54) is 12.1 Å². The monoisotopic (exact) mass is 670 g/mol. The average Bonchev–Trinajstić information content (AvgIpc) is 3.41. The van der Waals surface area contributed by atoms with E-state index >= 15 is 0 Å². The maximum absolute atomic E-state index is 14.7. The molecule has 8 nitrogen and oxygen atoms in total. The van der Waals surface area contributed by atoms with E-state index in [0.29, 0.717) is 82.6 Å². The van der Waals surface area contributed by atoms with Gasteiger partial charge in [0.2, 0.25) is 0 Å². The highest BCUT2D eigenvalue weighted by atomic mass is 35.5. The average molecular weight is 671 g/mol. The van der Waals surface area contributed by atoms with Crippen LogP contribution >= 0.6 is 11.6 Å². The molecule has 5 aromatic rings. The van der Waals surface area contributed by atoms with Crippen LogP contribution in [-0.4, -0.2) is 39.5 Å². The first kappa shape index (κ1) is 32.0. The van der Waals surface area contributed by atoms with Crippen molar-refractivity contribution in [2.24, 2.45) is 7.05 Å². The lowest BCUT2D eigenvalue weighted by molar-refractivity contribution is 0.0734. The number of fused-ring (bicyclic) bond motifs is 6. The van der Waals surface area contributed by atoms with Crippen molar-refractivity contribution in [3.63, 3.8) is 0 Å². The topological polar surface area (TPSA) is 98.8 Å². The van der Waals surface area contributed by atoms with Crippen molar-refractivity contribution in [3.8, 4) is 28.8 Å². The van der Waals surface area contributed by atoms with Crippen molar-refractivity contribution in [2.45, 2.75) is 39.2 Å². The number of nitriles is 1. The van der Waals surface area contributed by atoms with Crippen LogP contribution in [0.3, 0.4) is 0 Å². The maximum Gasteiger partial charge on any atom is 0.264 e. The number of aryl methyl sites for hydroxylation is 1. The molecular formula is C40H35ClN4O4. The van der Waals surface area contributed by atoms with Crippen LogP contribution < -0.4 is 9.64 Å². The zero-order valence-electron chi connectivity index (χ0n) is 27.4. The van der Waals surface area contributed by atoms with Gasteiger partial charge in [-0.3, -0.25) is 14.5 Å². The summed E-state index contributed by atoms with van der Waals surface area (Å²) in [5.74, 6) is 0.490. The molecule has 0 radical (unpaired) electrons. The summed E-state index contributed by atoms with van der Waals surface area (Å²) in [7, 11) is 1.87. The van der Waals surface area contributed by atoms with E-state index in [-0.39, 0.29) is 17.6 Å². The predicted octanol–water partition coefficient (Wildman–Crippen LogP) is 8.12. The third kappa shape index (κ3) is 6.14. The van der Waals surface area contributed by atoms with Crippen molar-refractivity contribution in [2.75, 3.05) is 18.1 Å². The molecule has 1 N–H and O–H groups in total. The molecule has 0 saturated heterocycles. The van der Waals surface area contributed by atoms with E-state index < -0.39 is 0 Å². The molecule has 8 bridgehead atoms. The van der Waals surface area contributed by atoms with E-state index in [9.17, 15) is 20.0 Å². The lowest BCUT2D eigenvalue weighted by Gasteiger charge is -2.30. The number of hydrogen-bond donors (Lipinski definition) is 1. The number of carbonyl (C=O) groups excluding carboxylic acids is 2. The maximum atomic E-state index is 14.7. The summed E-state index contributed by atoms with van der Waals surface area (Å²) in [5, 5.41) is 20.5. The number of nitrogens with zero attached hydrogens (tertiary/aromatic N) is 4. The number of amides is 2. The molecule has 49 heavy (non-hydrogen) atoms. The lowest BCUT2D eigenvalue weighted by atomic mass is 9.96. The van der Waals surface area contributed by atoms with Crippen LogP contribution in [0.15, 0.2) is 84.9 Å². The summed E-state index contributed by atoms with van der Waals surface area (Å²) < 4.78 is 8.19. The molecule has 246 valence electrons. The van der Waals surface area contributed by atoms with Crippen LogP contribution in [0.5, 0.6) is 11.5 Å². The number of phenols is 1. The van der Waals surface area contributed by atoms with Gasteiger partial charge in [-0.1, -0.05) is 23.7 Å². The number of aromatic hydroxyl groups is 1. The molecule has 2 amide bonds. The predicted molar refractivity (Wildman–Crippen MR) is 190 cm³/mol. The summed E-state index contributed by atoms with van der Waals surface area (Å²) in [5.41, 5.74) is 7.56. The van der Waals surface area contributed by atoms with E-state index in [4.69, 9.17) is 16.3 Å². The number of halogens is 1. The largest absolute Gasteiger partial charge is 0.508 e. The summed E-state index contributed by atoms with van der Waals surface area (Å²) in [6.45, 7) is 3.41. The molecule has 3 aliphatic rings. The third-order valence-corrected chi connectivity index (χ3v) is 9.79. The minimum absolute atomic E-state index is 0.0710. The molecule has 0 fully saturated rings. The Kier molecular flexibility index (Phi) is 8.62. The minimum atomic E-state index is -0.317. The second kappa shape index (κ2) is 13.2. The second-order valence-electron chi connectivity index (χ2n) is 12.6. The number of rotatable bonds is 1. The van der Waals surface area contributed by atoms with Gasteiger partial charge in [-0.15, -0.1) is 0 Å². The molecule has 0 spiro atoms. The number of aromatic nitrogens is 1. The standard InChI is InChI=1S/C40H35ClN4O4/c1-25-35-22-37(43(25)2)36-21-29(41)9-14-34(36)39(47)44-16-15-33-28(24-44)7-5-8-38(33)49-17-4-3-6-26-18-27(23-42)20-31(19-26)45(40(35)48)30-10-12-32(46)13-11-30/h5,7-14,18-22,46H,3-4,6,15-17,24H2,1-2H3. The van der Waals surface area contributed by atoms with Crippen molar-refractivity contribution in [3.05, 3.63) is 129 Å². The normalized spacial score (nSPS) is 14.9. The molecular weight excluding hydrogens is 636 g/mol. The Morgan fingerprint density at radius 1 is 0.857 bits per heavy atom. The zero-order chi connectivity index (χ0) is 34.2. The highest BCUT2D eigenvalue weighted by Gasteiger charge is 2.29. The molecule has 1 aromatic heterocycles. The zero-order valence-corrected chi connectivity index (χ0v) is 28.1. The van der Waals surface area contributed by atoms with Gasteiger partial charge >= 0.3 is 0 Å². The highest BCUT2D eigenvalue weighted by molar-refractivity contribution is 6.31. The van der Waals surface area contributed by atoms with Crippen LogP contribution in [0.25, 0.3) is 11.3 Å². The molecule has 4 aromatic carbocycles. The lowest BCUT2D eigenvalue weighted by Crippen LogP contribution is -2.36. The molecule has 0 aliphatic carbocycles. The van der Waals surface area contributed by atoms with Gasteiger partial charge in [0.15, 0.2) is 0 Å². The van der Waals surface area contributed by atoms with E-state index in [1.54, 1.807) is 47.4 Å². The van der Waals surface area contributed by atoms with Gasteiger partial charge in [-0.05, 0) is 117 Å². The van der Waals surface area contributed by atoms with Gasteiger partial charge in [-0.25, -0.2) is 0 Å². The number of benzene rings is 4. The van der Waals surface area contributed by atoms with Crippen LogP contribution in [0.1, 0.15) is 61.5 Å². The SMILES string of the molecule is Cc1c2cc(n1C)-c1cc(Cl)ccc1C(=O)N1CCc3c(cccc3OCCCCc3cc(C#N)cc(c3)N(c3ccc(O)cc3)C2=O)C1. The first-order chi connectivity index (χ1) is 23.7. The van der Waals surface area contributed by atoms with Crippen molar-refractivity contribution in [1.29, 1.82) is 5.26 Å². The summed E-state index contributed by atoms with van der Waals surface area (Å²) in [6.07, 6.45) is 2.99. The number of carbonyl (C=O) groups is 2. The van der Waals surface area contributed by atoms with E-state index in [1.807, 2.05) is 47.7 Å². The van der Waals surface area contributed by atoms with Crippen LogP contribution in [0, 0.1) is 18.3 Å². The fraction of sp³-hybridized carbons (Fsp3) is 0.225. The molecule has 0 saturated carbocycles. The Morgan fingerprint density at radius 2 is 1.67 bits per heavy atom. The summed E-state index contributed by atoms with van der Waals surface area (Å²) in [6, 6.07) is 27.3. The van der Waals surface area contributed by atoms with Crippen LogP contribution in [-0.2, 0) is 26.4 Å². The first-order valence-corrected chi connectivity index (χ1v) is 16.8. The van der Waals surface area contributed by atoms with Gasteiger partial charge in [-0.2, -0.15) is 5.26 Å². The Balaban J connectivity index is 1.40. The van der Waals surface area contributed by atoms with Crippen molar-refractivity contribution >= 4 is 34.8 Å². The number of ether oxygens (including phenoxy) is 1. The third-order valence-electron chi connectivity index (χ3n) is 9.56. The highest BCUT2D eigenvalue weighted by Crippen LogP contribution is 2.37. The molecule has 0 unspecified atom stereocenters.